The van der Waals surface area contributed by atoms with Crippen LogP contribution in [-0.2, 0) is 34.4 Å². The maximum atomic E-state index is 0. The minimum atomic E-state index is 0. The van der Waals surface area contributed by atoms with Crippen LogP contribution in [0.15, 0.2) is 0 Å². The summed E-state index contributed by atoms with van der Waals surface area (Å²) in [6.45, 7) is 0. The zero-order valence-electron chi connectivity index (χ0n) is 1.97. The molecular formula is H5CrFePS. The molecule has 0 spiro atoms. The summed E-state index contributed by atoms with van der Waals surface area (Å²) in [4.78, 5) is 0. The first kappa shape index (κ1) is 40.6. The molecule has 1 unspecified atom stereocenters. The molecule has 0 saturated carbocycles. The van der Waals surface area contributed by atoms with E-state index in [9.17, 15) is 0 Å². The largest absolute Gasteiger partial charge is 0.197 e. The van der Waals surface area contributed by atoms with Crippen molar-refractivity contribution in [1.82, 2.24) is 0 Å². The van der Waals surface area contributed by atoms with Crippen LogP contribution >= 0.6 is 23.4 Å². The molecule has 0 bridgehead atoms. The molecule has 0 rings (SSSR count). The second kappa shape index (κ2) is 21.1. The molecule has 0 radical (unpaired) electrons. The Morgan fingerprint density at radius 2 is 1.00 bits per heavy atom. The van der Waals surface area contributed by atoms with Gasteiger partial charge >= 0.3 is 0 Å². The van der Waals surface area contributed by atoms with Gasteiger partial charge in [-0.3, -0.25) is 0 Å². The van der Waals surface area contributed by atoms with Crippen LogP contribution in [0.25, 0.3) is 0 Å². The van der Waals surface area contributed by atoms with Crippen molar-refractivity contribution in [2.24, 2.45) is 0 Å². The average molecular weight is 176 g/mol. The first-order valence-corrected chi connectivity index (χ1v) is 0. The van der Waals surface area contributed by atoms with Crippen molar-refractivity contribution < 1.29 is 34.4 Å². The first-order valence-electron chi connectivity index (χ1n) is 0. The molecule has 0 aliphatic rings. The number of hydrogen-bond acceptors (Lipinski definition) is 0. The van der Waals surface area contributed by atoms with Crippen LogP contribution in [0, 0.1) is 0 Å². The molecule has 0 fully saturated rings. The van der Waals surface area contributed by atoms with Gasteiger partial charge in [-0.25, -0.2) is 0 Å². The molecule has 0 aromatic rings. The molecular weight excluding hydrogens is 171 g/mol. The van der Waals surface area contributed by atoms with Gasteiger partial charge in [-0.2, -0.15) is 23.4 Å². The van der Waals surface area contributed by atoms with Crippen LogP contribution in [0.2, 0.25) is 0 Å². The Bertz CT molecular complexity index is 8.00. The van der Waals surface area contributed by atoms with Crippen molar-refractivity contribution in [1.29, 1.82) is 0 Å². The third kappa shape index (κ3) is 9.16. The molecule has 0 aliphatic carbocycles. The van der Waals surface area contributed by atoms with Gasteiger partial charge in [0.1, 0.15) is 0 Å². The van der Waals surface area contributed by atoms with Gasteiger partial charge in [0.2, 0.25) is 0 Å². The monoisotopic (exact) mass is 176 g/mol. The maximum Gasteiger partial charge on any atom is 0 e. The summed E-state index contributed by atoms with van der Waals surface area (Å²) in [6.07, 6.45) is 0. The van der Waals surface area contributed by atoms with E-state index in [0.717, 1.165) is 0 Å². The summed E-state index contributed by atoms with van der Waals surface area (Å²) >= 11 is 0. The predicted octanol–water partition coefficient (Wildman–Crippen LogP) is 0.166. The minimum absolute atomic E-state index is 0. The van der Waals surface area contributed by atoms with Crippen LogP contribution in [0.5, 0.6) is 0 Å². The van der Waals surface area contributed by atoms with Crippen LogP contribution in [0.4, 0.5) is 0 Å². The number of rotatable bonds is 0. The van der Waals surface area contributed by atoms with Gasteiger partial charge < -0.3 is 0 Å². The Balaban J connectivity index is 0. The molecule has 0 aliphatic heterocycles. The van der Waals surface area contributed by atoms with Gasteiger partial charge in [-0.1, -0.05) is 0 Å². The maximum absolute atomic E-state index is 0. The van der Waals surface area contributed by atoms with Crippen molar-refractivity contribution in [3.63, 3.8) is 0 Å². The van der Waals surface area contributed by atoms with Gasteiger partial charge in [-0.15, -0.1) is 0 Å². The summed E-state index contributed by atoms with van der Waals surface area (Å²) in [5.41, 5.74) is 0. The Hall–Kier alpha value is 1.83. The summed E-state index contributed by atoms with van der Waals surface area (Å²) < 4.78 is 0. The Labute approximate surface area is 57.8 Å². The third-order valence-electron chi connectivity index (χ3n) is 0. The smallest absolute Gasteiger partial charge is 0 e. The molecule has 0 N–H and O–H groups in total. The zero-order chi connectivity index (χ0) is 0. The summed E-state index contributed by atoms with van der Waals surface area (Å²) in [6, 6.07) is 0. The van der Waals surface area contributed by atoms with Gasteiger partial charge in [0.15, 0.2) is 0 Å². The second-order valence-electron chi connectivity index (χ2n) is 0. The van der Waals surface area contributed by atoms with Gasteiger partial charge in [0.05, 0.1) is 0 Å². The molecule has 0 amide bonds. The molecule has 30 valence electrons. The van der Waals surface area contributed by atoms with Crippen LogP contribution in [0.1, 0.15) is 0 Å². The Morgan fingerprint density at radius 1 is 1.00 bits per heavy atom. The summed E-state index contributed by atoms with van der Waals surface area (Å²) in [5.74, 6) is 0. The molecule has 0 heterocycles. The van der Waals surface area contributed by atoms with Crippen molar-refractivity contribution in [2.45, 2.75) is 0 Å². The van der Waals surface area contributed by atoms with Gasteiger partial charge in [0, 0.05) is 34.4 Å². The molecule has 1 atom stereocenters. The molecule has 4 heavy (non-hydrogen) atoms. The van der Waals surface area contributed by atoms with Gasteiger partial charge in [-0.05, 0) is 0 Å². The fourth-order valence-electron chi connectivity index (χ4n) is 0. The van der Waals surface area contributed by atoms with Crippen LogP contribution < -0.4 is 0 Å². The van der Waals surface area contributed by atoms with Crippen molar-refractivity contribution in [2.75, 3.05) is 0 Å². The van der Waals surface area contributed by atoms with E-state index in [4.69, 9.17) is 0 Å². The first-order chi connectivity index (χ1) is 0. The van der Waals surface area contributed by atoms with Crippen molar-refractivity contribution in [3.05, 3.63) is 0 Å². The zero-order valence-corrected chi connectivity index (χ0v) is 6.76. The van der Waals surface area contributed by atoms with E-state index in [0.29, 0.717) is 0 Å². The van der Waals surface area contributed by atoms with Crippen molar-refractivity contribution >= 4 is 23.4 Å². The minimum Gasteiger partial charge on any atom is -0.197 e. The van der Waals surface area contributed by atoms with E-state index >= 15 is 0 Å². The fraction of sp³-hybridized carbons (Fsp3) is 0. The van der Waals surface area contributed by atoms with E-state index in [-0.39, 0.29) is 57.8 Å². The van der Waals surface area contributed by atoms with Gasteiger partial charge in [0.25, 0.3) is 0 Å². The molecule has 0 aromatic carbocycles. The van der Waals surface area contributed by atoms with Crippen LogP contribution in [-0.4, -0.2) is 0 Å². The molecule has 0 saturated heterocycles. The van der Waals surface area contributed by atoms with Crippen LogP contribution in [0.3, 0.4) is 0 Å². The van der Waals surface area contributed by atoms with E-state index in [2.05, 4.69) is 0 Å². The summed E-state index contributed by atoms with van der Waals surface area (Å²) in [5, 5.41) is 0. The quantitative estimate of drug-likeness (QED) is 0.364. The Morgan fingerprint density at radius 3 is 1.00 bits per heavy atom. The standard InChI is InChI=1S/Cr.Fe.H3P.H2S/h;;1H3;1H2. The fourth-order valence-corrected chi connectivity index (χ4v) is 0. The van der Waals surface area contributed by atoms with Crippen molar-refractivity contribution in [3.8, 4) is 0 Å². The van der Waals surface area contributed by atoms with E-state index in [1.54, 1.807) is 0 Å². The van der Waals surface area contributed by atoms with E-state index in [1.807, 2.05) is 0 Å². The SMILES string of the molecule is P.S.[Cr].[Fe]. The van der Waals surface area contributed by atoms with E-state index < -0.39 is 0 Å². The van der Waals surface area contributed by atoms with E-state index in [1.165, 1.54) is 0 Å². The second-order valence-corrected chi connectivity index (χ2v) is 0. The average Bonchev–Trinajstić information content (AvgIpc) is 0. The molecule has 0 aromatic heterocycles. The molecule has 4 heteroatoms. The number of hydrogen-bond donors (Lipinski definition) is 0. The third-order valence-corrected chi connectivity index (χ3v) is 0. The normalized spacial score (nSPS) is 0. The summed E-state index contributed by atoms with van der Waals surface area (Å²) in [7, 11) is 0. The molecule has 0 nitrogen and oxygen atoms in total. The topological polar surface area (TPSA) is 0 Å². The Kier molecular flexibility index (Phi) is 214. The predicted molar refractivity (Wildman–Crippen MR) is 21.5 cm³/mol.